The van der Waals surface area contributed by atoms with Crippen LogP contribution in [0.5, 0.6) is 0 Å². The molecular weight excluding hydrogens is 608 g/mol. The number of alkyl halides is 7. The van der Waals surface area contributed by atoms with Crippen LogP contribution in [0.25, 0.3) is 0 Å². The first kappa shape index (κ1) is 35.6. The van der Waals surface area contributed by atoms with E-state index >= 15 is 0 Å². The second kappa shape index (κ2) is 14.8. The van der Waals surface area contributed by atoms with Gasteiger partial charge in [-0.2, -0.15) is 26.3 Å². The molecule has 0 aliphatic heterocycles. The van der Waals surface area contributed by atoms with E-state index in [4.69, 9.17) is 0 Å². The second-order valence-corrected chi connectivity index (χ2v) is 11.8. The molecule has 43 heavy (non-hydrogen) atoms. The standard InChI is InChI=1S/C20H25FN2O3S.C9H5F7/c1-3-4-15(14-22-2)13-20(24)23-17-7-11-19(12-8-17)27(25,26)18-9-5-16(21)6-10-18;10-7(8(11,12)13,9(14,15)16)6-4-2-1-3-5-6/h3-6,9-10,14,17,19H,1,7-8,11-13H2,2H3,(H,23,24);1-5H/b15-4-,22-14?;. The Morgan fingerprint density at radius 3 is 1.93 bits per heavy atom. The molecule has 0 spiro atoms. The van der Waals surface area contributed by atoms with Crippen molar-refractivity contribution in [2.75, 3.05) is 7.05 Å². The van der Waals surface area contributed by atoms with Crippen molar-refractivity contribution in [3.05, 3.63) is 90.3 Å². The van der Waals surface area contributed by atoms with E-state index in [-0.39, 0.29) is 23.3 Å². The maximum absolute atomic E-state index is 13.3. The molecule has 5 nitrogen and oxygen atoms in total. The summed E-state index contributed by atoms with van der Waals surface area (Å²) < 4.78 is 125. The van der Waals surface area contributed by atoms with Gasteiger partial charge in [0.25, 0.3) is 0 Å². The summed E-state index contributed by atoms with van der Waals surface area (Å²) in [4.78, 5) is 16.3. The molecule has 1 aliphatic carbocycles. The number of rotatable bonds is 8. The molecule has 236 valence electrons. The summed E-state index contributed by atoms with van der Waals surface area (Å²) >= 11 is 0. The normalized spacial score (nSPS) is 18.5. The number of allylic oxidation sites excluding steroid dienone is 2. The van der Waals surface area contributed by atoms with E-state index in [9.17, 15) is 48.3 Å². The maximum Gasteiger partial charge on any atom is 0.435 e. The van der Waals surface area contributed by atoms with Crippen molar-refractivity contribution in [2.45, 2.75) is 66.3 Å². The molecule has 1 fully saturated rings. The van der Waals surface area contributed by atoms with Crippen LogP contribution in [0.3, 0.4) is 0 Å². The summed E-state index contributed by atoms with van der Waals surface area (Å²) in [5, 5.41) is 2.46. The van der Waals surface area contributed by atoms with Gasteiger partial charge in [0.1, 0.15) is 5.82 Å². The van der Waals surface area contributed by atoms with Gasteiger partial charge in [-0.25, -0.2) is 17.2 Å². The van der Waals surface area contributed by atoms with Gasteiger partial charge in [-0.15, -0.1) is 0 Å². The molecule has 1 aliphatic rings. The molecule has 0 saturated heterocycles. The number of halogens is 8. The quantitative estimate of drug-likeness (QED) is 0.144. The first-order valence-corrected chi connectivity index (χ1v) is 14.4. The molecule has 1 N–H and O–H groups in total. The van der Waals surface area contributed by atoms with Gasteiger partial charge in [-0.1, -0.05) is 49.1 Å². The van der Waals surface area contributed by atoms with Crippen LogP contribution in [0, 0.1) is 5.82 Å². The van der Waals surface area contributed by atoms with Crippen molar-refractivity contribution < 1.29 is 48.3 Å². The number of hydrogen-bond donors (Lipinski definition) is 1. The van der Waals surface area contributed by atoms with E-state index in [1.165, 1.54) is 18.2 Å². The lowest BCUT2D eigenvalue weighted by atomic mass is 9.94. The Morgan fingerprint density at radius 1 is 0.930 bits per heavy atom. The van der Waals surface area contributed by atoms with Gasteiger partial charge in [0.05, 0.1) is 16.6 Å². The predicted molar refractivity (Wildman–Crippen MR) is 146 cm³/mol. The fourth-order valence-electron chi connectivity index (χ4n) is 4.42. The Bertz CT molecular complexity index is 1370. The molecule has 1 amide bonds. The first-order valence-electron chi connectivity index (χ1n) is 12.9. The van der Waals surface area contributed by atoms with E-state index in [0.29, 0.717) is 37.8 Å². The van der Waals surface area contributed by atoms with Gasteiger partial charge in [-0.3, -0.25) is 9.79 Å². The summed E-state index contributed by atoms with van der Waals surface area (Å²) in [7, 11) is -1.84. The highest BCUT2D eigenvalue weighted by Gasteiger charge is 2.73. The molecule has 0 aromatic heterocycles. The van der Waals surface area contributed by atoms with Gasteiger partial charge in [0.15, 0.2) is 9.84 Å². The van der Waals surface area contributed by atoms with E-state index < -0.39 is 44.5 Å². The van der Waals surface area contributed by atoms with Crippen LogP contribution in [-0.2, 0) is 20.3 Å². The van der Waals surface area contributed by atoms with Crippen LogP contribution in [0.15, 0.2) is 88.8 Å². The SMILES string of the molecule is C=C/C=C(\C=NC)CC(=O)NC1CCC(S(=O)(=O)c2ccc(F)cc2)CC1.FC(F)(F)C(F)(c1ccccc1)C(F)(F)F. The first-order chi connectivity index (χ1) is 20.0. The highest BCUT2D eigenvalue weighted by molar-refractivity contribution is 7.92. The molecule has 0 unspecified atom stereocenters. The number of hydrogen-bond acceptors (Lipinski definition) is 4. The molecule has 0 atom stereocenters. The lowest BCUT2D eigenvalue weighted by molar-refractivity contribution is -0.348. The average molecular weight is 639 g/mol. The molecule has 0 bridgehead atoms. The largest absolute Gasteiger partial charge is 0.435 e. The zero-order valence-electron chi connectivity index (χ0n) is 22.9. The van der Waals surface area contributed by atoms with Crippen molar-refractivity contribution in [1.29, 1.82) is 0 Å². The number of carbonyl (C=O) groups is 1. The molecule has 3 rings (SSSR count). The van der Waals surface area contributed by atoms with E-state index in [1.54, 1.807) is 25.4 Å². The van der Waals surface area contributed by atoms with Crippen molar-refractivity contribution in [3.63, 3.8) is 0 Å². The summed E-state index contributed by atoms with van der Waals surface area (Å²) in [5.41, 5.74) is -6.05. The molecule has 0 heterocycles. The maximum atomic E-state index is 13.3. The predicted octanol–water partition coefficient (Wildman–Crippen LogP) is 7.21. The van der Waals surface area contributed by atoms with Crippen LogP contribution < -0.4 is 5.32 Å². The van der Waals surface area contributed by atoms with Crippen LogP contribution in [-0.4, -0.2) is 51.2 Å². The van der Waals surface area contributed by atoms with Crippen molar-refractivity contribution in [3.8, 4) is 0 Å². The lowest BCUT2D eigenvalue weighted by Crippen LogP contribution is -2.50. The summed E-state index contributed by atoms with van der Waals surface area (Å²) in [6, 6.07) is 8.78. The van der Waals surface area contributed by atoms with Crippen molar-refractivity contribution in [2.24, 2.45) is 4.99 Å². The monoisotopic (exact) mass is 638 g/mol. The molecular formula is C29H30F8N2O3S. The number of sulfone groups is 1. The number of nitrogens with zero attached hydrogens (tertiary/aromatic N) is 1. The molecule has 0 radical (unpaired) electrons. The number of benzene rings is 2. The van der Waals surface area contributed by atoms with Gasteiger partial charge >= 0.3 is 18.0 Å². The van der Waals surface area contributed by atoms with E-state index in [1.807, 2.05) is 0 Å². The minimum absolute atomic E-state index is 0.0410. The van der Waals surface area contributed by atoms with Crippen LogP contribution in [0.4, 0.5) is 35.1 Å². The summed E-state index contributed by atoms with van der Waals surface area (Å²) in [5.74, 6) is -0.578. The topological polar surface area (TPSA) is 75.6 Å². The Morgan fingerprint density at radius 2 is 1.47 bits per heavy atom. The summed E-state index contributed by atoms with van der Waals surface area (Å²) in [6.07, 6.45) is -4.80. The van der Waals surface area contributed by atoms with Gasteiger partial charge in [0, 0.05) is 24.9 Å². The fourth-order valence-corrected chi connectivity index (χ4v) is 6.21. The van der Waals surface area contributed by atoms with E-state index in [2.05, 4.69) is 16.9 Å². The molecule has 2 aromatic rings. The number of nitrogens with one attached hydrogen (secondary N) is 1. The minimum atomic E-state index is -6.05. The smallest absolute Gasteiger partial charge is 0.353 e. The number of aliphatic imine (C=N–C) groups is 1. The number of carbonyl (C=O) groups excluding carboxylic acids is 1. The van der Waals surface area contributed by atoms with Gasteiger partial charge in [-0.05, 0) is 55.5 Å². The zero-order valence-corrected chi connectivity index (χ0v) is 23.7. The Kier molecular flexibility index (Phi) is 12.2. The summed E-state index contributed by atoms with van der Waals surface area (Å²) in [6.45, 7) is 3.62. The Labute approximate surface area is 244 Å². The van der Waals surface area contributed by atoms with Gasteiger partial charge < -0.3 is 5.32 Å². The van der Waals surface area contributed by atoms with Crippen LogP contribution in [0.2, 0.25) is 0 Å². The lowest BCUT2D eigenvalue weighted by Gasteiger charge is -2.30. The highest BCUT2D eigenvalue weighted by Crippen LogP contribution is 2.53. The van der Waals surface area contributed by atoms with Crippen molar-refractivity contribution in [1.82, 2.24) is 5.32 Å². The minimum Gasteiger partial charge on any atom is -0.353 e. The zero-order chi connectivity index (χ0) is 32.5. The average Bonchev–Trinajstić information content (AvgIpc) is 2.93. The third kappa shape index (κ3) is 9.22. The third-order valence-electron chi connectivity index (χ3n) is 6.56. The number of amides is 1. The van der Waals surface area contributed by atoms with Crippen molar-refractivity contribution >= 4 is 22.0 Å². The van der Waals surface area contributed by atoms with Crippen LogP contribution in [0.1, 0.15) is 37.7 Å². The highest BCUT2D eigenvalue weighted by atomic mass is 32.2. The van der Waals surface area contributed by atoms with E-state index in [0.717, 1.165) is 29.8 Å². The van der Waals surface area contributed by atoms with Crippen LogP contribution >= 0.6 is 0 Å². The second-order valence-electron chi connectivity index (χ2n) is 9.60. The fraction of sp³-hybridized carbons (Fsp3) is 0.379. The van der Waals surface area contributed by atoms with Gasteiger partial charge in [0.2, 0.25) is 5.91 Å². The molecule has 2 aromatic carbocycles. The molecule has 1 saturated carbocycles. The third-order valence-corrected chi connectivity index (χ3v) is 8.84. The Hall–Kier alpha value is -3.55. The molecule has 14 heteroatoms. The Balaban J connectivity index is 0.000000344.